The number of hydrogen-bond acceptors (Lipinski definition) is 4. The summed E-state index contributed by atoms with van der Waals surface area (Å²) in [5, 5.41) is 1.19. The first-order valence-electron chi connectivity index (χ1n) is 7.59. The van der Waals surface area contributed by atoms with Crippen LogP contribution in [0.4, 0.5) is 0 Å². The number of hydrogen-bond donors (Lipinski definition) is 0. The second-order valence-corrected chi connectivity index (χ2v) is 8.20. The maximum absolute atomic E-state index is 12.1. The summed E-state index contributed by atoms with van der Waals surface area (Å²) in [6, 6.07) is 9.36. The second-order valence-electron chi connectivity index (χ2n) is 5.78. The summed E-state index contributed by atoms with van der Waals surface area (Å²) in [7, 11) is -3.40. The molecule has 6 heteroatoms. The minimum Gasteiger partial charge on any atom is -0.261 e. The quantitative estimate of drug-likeness (QED) is 0.709. The van der Waals surface area contributed by atoms with E-state index in [2.05, 4.69) is 16.9 Å². The Labute approximate surface area is 146 Å². The Hall–Kier alpha value is -1.98. The zero-order chi connectivity index (χ0) is 17.3. The van der Waals surface area contributed by atoms with Crippen molar-refractivity contribution in [1.29, 1.82) is 0 Å². The number of rotatable bonds is 4. The molecular weight excluding hydrogens is 344 g/mol. The van der Waals surface area contributed by atoms with Crippen LogP contribution in [-0.4, -0.2) is 24.6 Å². The average Bonchev–Trinajstić information content (AvgIpc) is 2.53. The van der Waals surface area contributed by atoms with E-state index in [-0.39, 0.29) is 4.90 Å². The Morgan fingerprint density at radius 2 is 1.88 bits per heavy atom. The molecule has 1 aromatic carbocycles. The van der Waals surface area contributed by atoms with Crippen LogP contribution >= 0.6 is 11.6 Å². The van der Waals surface area contributed by atoms with Gasteiger partial charge in [-0.15, -0.1) is 0 Å². The van der Waals surface area contributed by atoms with Crippen molar-refractivity contribution in [3.8, 4) is 0 Å². The summed E-state index contributed by atoms with van der Waals surface area (Å²) < 4.78 is 24.3. The molecule has 0 radical (unpaired) electrons. The predicted octanol–water partition coefficient (Wildman–Crippen LogP) is 3.84. The zero-order valence-corrected chi connectivity index (χ0v) is 15.0. The van der Waals surface area contributed by atoms with Crippen molar-refractivity contribution in [1.82, 2.24) is 9.97 Å². The summed E-state index contributed by atoms with van der Waals surface area (Å²) in [6.45, 7) is 2.09. The highest BCUT2D eigenvalue weighted by Gasteiger charge is 2.15. The van der Waals surface area contributed by atoms with Crippen LogP contribution < -0.4 is 0 Å². The minimum absolute atomic E-state index is 0.221. The molecule has 0 N–H and O–H groups in total. The highest BCUT2D eigenvalue weighted by atomic mass is 35.5. The number of aryl methyl sites for hydroxylation is 1. The molecule has 0 unspecified atom stereocenters. The third-order valence-corrected chi connectivity index (χ3v) is 5.17. The van der Waals surface area contributed by atoms with Crippen molar-refractivity contribution in [3.63, 3.8) is 0 Å². The fourth-order valence-corrected chi connectivity index (χ4v) is 3.74. The molecule has 2 heterocycles. The molecule has 0 fully saturated rings. The number of halogens is 1. The summed E-state index contributed by atoms with van der Waals surface area (Å²) >= 11 is 6.01. The van der Waals surface area contributed by atoms with Crippen molar-refractivity contribution in [2.75, 3.05) is 6.26 Å². The molecule has 0 saturated heterocycles. The van der Waals surface area contributed by atoms with Crippen molar-refractivity contribution >= 4 is 32.3 Å². The molecule has 0 aliphatic carbocycles. The van der Waals surface area contributed by atoms with E-state index in [1.54, 1.807) is 18.3 Å². The SMILES string of the molecule is CCc1ccnc(Cc2cc(S(C)(=O)=O)c3ncc(Cl)cc3c2)c1. The number of aromatic nitrogens is 2. The molecule has 2 aromatic heterocycles. The van der Waals surface area contributed by atoms with Crippen molar-refractivity contribution in [3.05, 3.63) is 64.6 Å². The Morgan fingerprint density at radius 1 is 1.08 bits per heavy atom. The van der Waals surface area contributed by atoms with Gasteiger partial charge in [-0.1, -0.05) is 18.5 Å². The molecule has 0 aliphatic rings. The molecule has 0 atom stereocenters. The van der Waals surface area contributed by atoms with E-state index in [0.29, 0.717) is 22.3 Å². The molecule has 124 valence electrons. The maximum Gasteiger partial charge on any atom is 0.177 e. The predicted molar refractivity (Wildman–Crippen MR) is 96.3 cm³/mol. The molecule has 4 nitrogen and oxygen atoms in total. The van der Waals surface area contributed by atoms with Gasteiger partial charge in [0.1, 0.15) is 0 Å². The van der Waals surface area contributed by atoms with Crippen molar-refractivity contribution in [2.45, 2.75) is 24.7 Å². The van der Waals surface area contributed by atoms with Crippen LogP contribution in [0.1, 0.15) is 23.7 Å². The fourth-order valence-electron chi connectivity index (χ4n) is 2.69. The summed E-state index contributed by atoms with van der Waals surface area (Å²) in [5.41, 5.74) is 3.42. The molecule has 3 aromatic rings. The standard InChI is InChI=1S/C18H17ClN2O2S/c1-3-12-4-5-20-16(7-12)8-13-6-14-10-15(19)11-21-18(14)17(9-13)24(2,22)23/h4-7,9-11H,3,8H2,1-2H3. The van der Waals surface area contributed by atoms with Gasteiger partial charge in [-0.25, -0.2) is 8.42 Å². The molecule has 0 bridgehead atoms. The maximum atomic E-state index is 12.1. The average molecular weight is 361 g/mol. The van der Waals surface area contributed by atoms with Crippen LogP contribution in [0.15, 0.2) is 47.6 Å². The lowest BCUT2D eigenvalue weighted by atomic mass is 10.0. The van der Waals surface area contributed by atoms with Crippen LogP contribution in [0.2, 0.25) is 5.02 Å². The van der Waals surface area contributed by atoms with Gasteiger partial charge in [0.15, 0.2) is 9.84 Å². The van der Waals surface area contributed by atoms with Gasteiger partial charge in [-0.3, -0.25) is 9.97 Å². The first kappa shape index (κ1) is 16.9. The molecule has 3 rings (SSSR count). The first-order chi connectivity index (χ1) is 11.4. The van der Waals surface area contributed by atoms with Gasteiger partial charge in [-0.05, 0) is 47.9 Å². The van der Waals surface area contributed by atoms with E-state index in [1.807, 2.05) is 18.2 Å². The van der Waals surface area contributed by atoms with E-state index < -0.39 is 9.84 Å². The second kappa shape index (κ2) is 6.49. The highest BCUT2D eigenvalue weighted by molar-refractivity contribution is 7.91. The van der Waals surface area contributed by atoms with Crippen molar-refractivity contribution < 1.29 is 8.42 Å². The molecule has 0 amide bonds. The van der Waals surface area contributed by atoms with E-state index in [0.717, 1.165) is 17.7 Å². The Morgan fingerprint density at radius 3 is 2.58 bits per heavy atom. The third kappa shape index (κ3) is 3.57. The zero-order valence-electron chi connectivity index (χ0n) is 13.5. The molecular formula is C18H17ClN2O2S. The first-order valence-corrected chi connectivity index (χ1v) is 9.86. The molecule has 24 heavy (non-hydrogen) atoms. The Kier molecular flexibility index (Phi) is 4.56. The molecule has 0 aliphatic heterocycles. The Bertz CT molecular complexity index is 1020. The fraction of sp³-hybridized carbons (Fsp3) is 0.222. The van der Waals surface area contributed by atoms with E-state index in [4.69, 9.17) is 11.6 Å². The smallest absolute Gasteiger partial charge is 0.177 e. The van der Waals surface area contributed by atoms with Gasteiger partial charge in [0.2, 0.25) is 0 Å². The van der Waals surface area contributed by atoms with Crippen LogP contribution in [0.3, 0.4) is 0 Å². The van der Waals surface area contributed by atoms with E-state index in [9.17, 15) is 8.42 Å². The van der Waals surface area contributed by atoms with Crippen LogP contribution in [0.5, 0.6) is 0 Å². The Balaban J connectivity index is 2.14. The molecule has 0 saturated carbocycles. The largest absolute Gasteiger partial charge is 0.261 e. The lowest BCUT2D eigenvalue weighted by Gasteiger charge is -2.09. The molecule has 0 spiro atoms. The van der Waals surface area contributed by atoms with Gasteiger partial charge in [0, 0.05) is 36.2 Å². The number of sulfone groups is 1. The number of benzene rings is 1. The van der Waals surface area contributed by atoms with Crippen molar-refractivity contribution in [2.24, 2.45) is 0 Å². The number of fused-ring (bicyclic) bond motifs is 1. The topological polar surface area (TPSA) is 59.9 Å². The van der Waals surface area contributed by atoms with Crippen LogP contribution in [0, 0.1) is 0 Å². The van der Waals surface area contributed by atoms with Gasteiger partial charge >= 0.3 is 0 Å². The lowest BCUT2D eigenvalue weighted by Crippen LogP contribution is -2.02. The van der Waals surface area contributed by atoms with Crippen LogP contribution in [0.25, 0.3) is 10.9 Å². The van der Waals surface area contributed by atoms with E-state index >= 15 is 0 Å². The van der Waals surface area contributed by atoms with Gasteiger partial charge in [0.25, 0.3) is 0 Å². The summed E-state index contributed by atoms with van der Waals surface area (Å²) in [4.78, 5) is 8.80. The van der Waals surface area contributed by atoms with E-state index in [1.165, 1.54) is 18.0 Å². The lowest BCUT2D eigenvalue weighted by molar-refractivity contribution is 0.602. The number of pyridine rings is 2. The highest BCUT2D eigenvalue weighted by Crippen LogP contribution is 2.26. The monoisotopic (exact) mass is 360 g/mol. The minimum atomic E-state index is -3.40. The van der Waals surface area contributed by atoms with Crippen LogP contribution in [-0.2, 0) is 22.7 Å². The van der Waals surface area contributed by atoms with Gasteiger partial charge < -0.3 is 0 Å². The summed E-state index contributed by atoms with van der Waals surface area (Å²) in [5.74, 6) is 0. The third-order valence-electron chi connectivity index (χ3n) is 3.85. The van der Waals surface area contributed by atoms with Gasteiger partial charge in [0.05, 0.1) is 15.4 Å². The normalized spacial score (nSPS) is 11.8. The summed E-state index contributed by atoms with van der Waals surface area (Å²) in [6.07, 6.45) is 5.92. The van der Waals surface area contributed by atoms with Gasteiger partial charge in [-0.2, -0.15) is 0 Å². The number of nitrogens with zero attached hydrogens (tertiary/aromatic N) is 2.